The highest BCUT2D eigenvalue weighted by Crippen LogP contribution is 2.31. The third-order valence-corrected chi connectivity index (χ3v) is 6.41. The van der Waals surface area contributed by atoms with Crippen LogP contribution in [0.4, 0.5) is 11.5 Å². The van der Waals surface area contributed by atoms with E-state index in [1.165, 1.54) is 6.08 Å². The molecule has 1 aliphatic rings. The molecule has 0 radical (unpaired) electrons. The van der Waals surface area contributed by atoms with Gasteiger partial charge in [0.1, 0.15) is 22.8 Å². The van der Waals surface area contributed by atoms with Crippen molar-refractivity contribution in [3.05, 3.63) is 83.3 Å². The van der Waals surface area contributed by atoms with Crippen LogP contribution in [0.15, 0.2) is 65.2 Å². The number of hydrogen-bond donors (Lipinski definition) is 3. The molecular weight excluding hydrogens is 482 g/mol. The van der Waals surface area contributed by atoms with Crippen LogP contribution in [-0.4, -0.2) is 35.3 Å². The third-order valence-electron chi connectivity index (χ3n) is 6.41. The number of nitrogens with one attached hydrogen (secondary N) is 2. The molecule has 3 heterocycles. The Hall–Kier alpha value is -4.63. The molecule has 0 unspecified atom stereocenters. The maximum absolute atomic E-state index is 12.8. The molecule has 5 rings (SSSR count). The summed E-state index contributed by atoms with van der Waals surface area (Å²) in [5, 5.41) is 6.87. The van der Waals surface area contributed by atoms with E-state index >= 15 is 0 Å². The normalized spacial score (nSPS) is 13.1. The van der Waals surface area contributed by atoms with Gasteiger partial charge in [-0.3, -0.25) is 9.59 Å². The van der Waals surface area contributed by atoms with Crippen molar-refractivity contribution in [1.29, 1.82) is 0 Å². The molecule has 0 bridgehead atoms. The number of amides is 2. The van der Waals surface area contributed by atoms with E-state index < -0.39 is 0 Å². The highest BCUT2D eigenvalue weighted by Gasteiger charge is 2.16. The molecule has 0 saturated carbocycles. The van der Waals surface area contributed by atoms with Crippen molar-refractivity contribution in [2.24, 2.45) is 5.73 Å². The van der Waals surface area contributed by atoms with E-state index in [0.29, 0.717) is 43.4 Å². The molecule has 0 aliphatic carbocycles. The predicted molar refractivity (Wildman–Crippen MR) is 147 cm³/mol. The largest absolute Gasteiger partial charge is 0.459 e. The van der Waals surface area contributed by atoms with Gasteiger partial charge >= 0.3 is 0 Å². The number of aryl methyl sites for hydroxylation is 1. The van der Waals surface area contributed by atoms with Gasteiger partial charge in [0.15, 0.2) is 5.82 Å². The molecule has 2 aromatic carbocycles. The Labute approximate surface area is 220 Å². The standard InChI is InChI=1S/C29H29N5O4/c1-18-23-14-22(37-21-6-3-19(15-30)4-7-21)8-9-25(23)38-26(18)17-34(2)28(36)10-5-20-13-24-29(32-16-20)33-27(35)11-12-31-24/h3-10,13-14,16,31H,11-12,15,17,30H2,1-2H3,(H,32,33,35)/b10-5+. The zero-order valence-corrected chi connectivity index (χ0v) is 21.3. The Kier molecular flexibility index (Phi) is 7.10. The molecule has 38 heavy (non-hydrogen) atoms. The first-order valence-corrected chi connectivity index (χ1v) is 12.4. The second-order valence-corrected chi connectivity index (χ2v) is 9.18. The number of hydrogen-bond acceptors (Lipinski definition) is 7. The summed E-state index contributed by atoms with van der Waals surface area (Å²) in [5.41, 5.74) is 9.87. The summed E-state index contributed by atoms with van der Waals surface area (Å²) in [6.45, 7) is 3.31. The lowest BCUT2D eigenvalue weighted by Gasteiger charge is -2.14. The summed E-state index contributed by atoms with van der Waals surface area (Å²) in [4.78, 5) is 30.4. The molecule has 0 atom stereocenters. The van der Waals surface area contributed by atoms with Gasteiger partial charge < -0.3 is 30.4 Å². The Morgan fingerprint density at radius 2 is 1.97 bits per heavy atom. The quantitative estimate of drug-likeness (QED) is 0.304. The van der Waals surface area contributed by atoms with E-state index in [4.69, 9.17) is 14.9 Å². The number of ether oxygens (including phenoxy) is 1. The number of nitrogens with zero attached hydrogens (tertiary/aromatic N) is 2. The Morgan fingerprint density at radius 3 is 2.76 bits per heavy atom. The topological polar surface area (TPSA) is 123 Å². The minimum Gasteiger partial charge on any atom is -0.459 e. The summed E-state index contributed by atoms with van der Waals surface area (Å²) in [6.07, 6.45) is 5.20. The monoisotopic (exact) mass is 511 g/mol. The number of furan rings is 1. The van der Waals surface area contributed by atoms with Gasteiger partial charge in [-0.15, -0.1) is 0 Å². The van der Waals surface area contributed by atoms with Crippen LogP contribution in [0.1, 0.15) is 28.9 Å². The van der Waals surface area contributed by atoms with Crippen molar-refractivity contribution >= 4 is 40.4 Å². The van der Waals surface area contributed by atoms with Gasteiger partial charge in [0.2, 0.25) is 11.8 Å². The molecule has 0 saturated heterocycles. The lowest BCUT2D eigenvalue weighted by molar-refractivity contribution is -0.125. The number of rotatable bonds is 7. The van der Waals surface area contributed by atoms with E-state index in [1.807, 2.05) is 55.5 Å². The van der Waals surface area contributed by atoms with Crippen LogP contribution in [0, 0.1) is 6.92 Å². The molecule has 194 valence electrons. The zero-order chi connectivity index (χ0) is 26.6. The smallest absolute Gasteiger partial charge is 0.246 e. The summed E-state index contributed by atoms with van der Waals surface area (Å²) >= 11 is 0. The summed E-state index contributed by atoms with van der Waals surface area (Å²) < 4.78 is 12.1. The maximum atomic E-state index is 12.8. The number of nitrogens with two attached hydrogens (primary N) is 1. The molecule has 4 N–H and O–H groups in total. The van der Waals surface area contributed by atoms with Gasteiger partial charge in [0, 0.05) is 49.8 Å². The molecule has 2 amide bonds. The van der Waals surface area contributed by atoms with Gasteiger partial charge in [0.25, 0.3) is 0 Å². The van der Waals surface area contributed by atoms with Gasteiger partial charge in [0.05, 0.1) is 12.2 Å². The maximum Gasteiger partial charge on any atom is 0.246 e. The highest BCUT2D eigenvalue weighted by molar-refractivity contribution is 5.95. The minimum atomic E-state index is -0.175. The van der Waals surface area contributed by atoms with E-state index in [9.17, 15) is 9.59 Å². The summed E-state index contributed by atoms with van der Waals surface area (Å²) in [6, 6.07) is 15.2. The van der Waals surface area contributed by atoms with E-state index in [2.05, 4.69) is 15.6 Å². The molecule has 4 aromatic rings. The number of carbonyl (C=O) groups excluding carboxylic acids is 2. The number of aromatic nitrogens is 1. The number of pyridine rings is 1. The van der Waals surface area contributed by atoms with Crippen molar-refractivity contribution in [1.82, 2.24) is 9.88 Å². The van der Waals surface area contributed by atoms with Crippen molar-refractivity contribution in [2.75, 3.05) is 24.2 Å². The first kappa shape index (κ1) is 25.0. The number of fused-ring (bicyclic) bond motifs is 2. The first-order valence-electron chi connectivity index (χ1n) is 12.4. The van der Waals surface area contributed by atoms with Crippen LogP contribution in [0.3, 0.4) is 0 Å². The number of carbonyl (C=O) groups is 2. The van der Waals surface area contributed by atoms with Gasteiger partial charge in [-0.25, -0.2) is 4.98 Å². The molecule has 9 nitrogen and oxygen atoms in total. The number of anilines is 2. The molecule has 0 fully saturated rings. The van der Waals surface area contributed by atoms with E-state index in [0.717, 1.165) is 39.1 Å². The molecule has 1 aliphatic heterocycles. The third kappa shape index (κ3) is 5.52. The zero-order valence-electron chi connectivity index (χ0n) is 21.3. The SMILES string of the molecule is Cc1c(CN(C)C(=O)/C=C/c2cnc3c(c2)NCCC(=O)N3)oc2ccc(Oc3ccc(CN)cc3)cc12. The Balaban J connectivity index is 1.26. The van der Waals surface area contributed by atoms with Crippen molar-refractivity contribution < 1.29 is 18.7 Å². The summed E-state index contributed by atoms with van der Waals surface area (Å²) in [5.74, 6) is 2.37. The lowest BCUT2D eigenvalue weighted by Crippen LogP contribution is -2.24. The van der Waals surface area contributed by atoms with Crippen molar-refractivity contribution in [2.45, 2.75) is 26.4 Å². The molecule has 9 heteroatoms. The second-order valence-electron chi connectivity index (χ2n) is 9.18. The van der Waals surface area contributed by atoms with Crippen LogP contribution < -0.4 is 21.1 Å². The fourth-order valence-corrected chi connectivity index (χ4v) is 4.19. The van der Waals surface area contributed by atoms with E-state index in [-0.39, 0.29) is 11.8 Å². The Bertz CT molecular complexity index is 1520. The van der Waals surface area contributed by atoms with Crippen LogP contribution in [0.2, 0.25) is 0 Å². The van der Waals surface area contributed by atoms with Gasteiger partial charge in [-0.1, -0.05) is 12.1 Å². The van der Waals surface area contributed by atoms with Crippen LogP contribution in [0.5, 0.6) is 11.5 Å². The average Bonchev–Trinajstić information content (AvgIpc) is 3.10. The fourth-order valence-electron chi connectivity index (χ4n) is 4.19. The number of benzene rings is 2. The van der Waals surface area contributed by atoms with Crippen molar-refractivity contribution in [3.63, 3.8) is 0 Å². The van der Waals surface area contributed by atoms with Gasteiger partial charge in [-0.05, 0) is 60.5 Å². The first-order chi connectivity index (χ1) is 18.4. The highest BCUT2D eigenvalue weighted by atomic mass is 16.5. The molecular formula is C29H29N5O4. The van der Waals surface area contributed by atoms with Gasteiger partial charge in [-0.2, -0.15) is 0 Å². The minimum absolute atomic E-state index is 0.0777. The van der Waals surface area contributed by atoms with Crippen molar-refractivity contribution in [3.8, 4) is 11.5 Å². The molecule has 0 spiro atoms. The fraction of sp³-hybridized carbons (Fsp3) is 0.207. The van der Waals surface area contributed by atoms with Crippen LogP contribution in [0.25, 0.3) is 17.0 Å². The predicted octanol–water partition coefficient (Wildman–Crippen LogP) is 4.81. The molecule has 2 aromatic heterocycles. The van der Waals surface area contributed by atoms with E-state index in [1.54, 1.807) is 24.2 Å². The number of likely N-dealkylation sites (N-methyl/N-ethyl adjacent to an activating group) is 1. The lowest BCUT2D eigenvalue weighted by atomic mass is 10.1. The van der Waals surface area contributed by atoms with Crippen LogP contribution in [-0.2, 0) is 22.7 Å². The summed E-state index contributed by atoms with van der Waals surface area (Å²) in [7, 11) is 1.73. The van der Waals surface area contributed by atoms with Crippen LogP contribution >= 0.6 is 0 Å². The Morgan fingerprint density at radius 1 is 1.18 bits per heavy atom. The second kappa shape index (κ2) is 10.8. The average molecular weight is 512 g/mol.